The Kier molecular flexibility index (Phi) is 4.61. The number of aromatic amines is 1. The maximum atomic E-state index is 12.3. The van der Waals surface area contributed by atoms with Crippen molar-refractivity contribution in [2.75, 3.05) is 13.7 Å². The van der Waals surface area contributed by atoms with Crippen LogP contribution in [-0.2, 0) is 4.74 Å². The molecule has 0 saturated carbocycles. The van der Waals surface area contributed by atoms with Gasteiger partial charge in [-0.2, -0.15) is 0 Å². The molecule has 0 unspecified atom stereocenters. The number of aromatic nitrogens is 1. The van der Waals surface area contributed by atoms with Gasteiger partial charge in [0.25, 0.3) is 0 Å². The van der Waals surface area contributed by atoms with Crippen LogP contribution in [0.1, 0.15) is 20.7 Å². The van der Waals surface area contributed by atoms with Gasteiger partial charge in [-0.25, -0.2) is 4.79 Å². The Labute approximate surface area is 143 Å². The molecule has 0 aliphatic rings. The molecule has 0 bridgehead atoms. The van der Waals surface area contributed by atoms with Crippen molar-refractivity contribution in [1.82, 2.24) is 4.98 Å². The fourth-order valence-corrected chi connectivity index (χ4v) is 2.46. The zero-order chi connectivity index (χ0) is 17.8. The molecule has 25 heavy (non-hydrogen) atoms. The Balaban J connectivity index is 1.79. The first-order chi connectivity index (χ1) is 12.1. The molecule has 0 saturated heterocycles. The van der Waals surface area contributed by atoms with Gasteiger partial charge in [0.05, 0.1) is 12.7 Å². The molecular weight excluding hydrogens is 322 g/mol. The van der Waals surface area contributed by atoms with E-state index in [2.05, 4.69) is 4.98 Å². The van der Waals surface area contributed by atoms with Crippen LogP contribution in [0, 0.1) is 0 Å². The Morgan fingerprint density at radius 1 is 1.04 bits per heavy atom. The number of H-pyrrole nitrogens is 1. The summed E-state index contributed by atoms with van der Waals surface area (Å²) >= 11 is 0. The monoisotopic (exact) mass is 337 g/mol. The minimum Gasteiger partial charge on any atom is -0.497 e. The van der Waals surface area contributed by atoms with Gasteiger partial charge in [-0.3, -0.25) is 9.59 Å². The molecule has 0 atom stereocenters. The van der Waals surface area contributed by atoms with E-state index in [0.717, 1.165) is 0 Å². The highest BCUT2D eigenvalue weighted by Crippen LogP contribution is 2.16. The van der Waals surface area contributed by atoms with Crippen molar-refractivity contribution in [1.29, 1.82) is 0 Å². The molecule has 1 N–H and O–H groups in total. The van der Waals surface area contributed by atoms with E-state index in [1.54, 1.807) is 48.5 Å². The molecule has 0 radical (unpaired) electrons. The van der Waals surface area contributed by atoms with E-state index in [1.165, 1.54) is 13.2 Å². The summed E-state index contributed by atoms with van der Waals surface area (Å²) in [5.41, 5.74) is 0.617. The Hall–Kier alpha value is -3.41. The minimum absolute atomic E-state index is 0.123. The number of ketones is 1. The number of ether oxygens (including phenoxy) is 2. The summed E-state index contributed by atoms with van der Waals surface area (Å²) in [5, 5.41) is 0.556. The molecule has 126 valence electrons. The Morgan fingerprint density at radius 3 is 2.64 bits per heavy atom. The number of hydrogen-bond acceptors (Lipinski definition) is 5. The molecule has 0 fully saturated rings. The van der Waals surface area contributed by atoms with Gasteiger partial charge >= 0.3 is 5.97 Å². The quantitative estimate of drug-likeness (QED) is 0.571. The summed E-state index contributed by atoms with van der Waals surface area (Å²) in [5.74, 6) is -0.544. The van der Waals surface area contributed by atoms with Crippen molar-refractivity contribution >= 4 is 22.7 Å². The first-order valence-electron chi connectivity index (χ1n) is 7.55. The summed E-state index contributed by atoms with van der Waals surface area (Å²) in [6.45, 7) is -0.423. The van der Waals surface area contributed by atoms with Crippen LogP contribution in [0.3, 0.4) is 0 Å². The van der Waals surface area contributed by atoms with Gasteiger partial charge in [-0.15, -0.1) is 0 Å². The van der Waals surface area contributed by atoms with Gasteiger partial charge in [-0.05, 0) is 18.2 Å². The largest absolute Gasteiger partial charge is 0.497 e. The van der Waals surface area contributed by atoms with Gasteiger partial charge in [0, 0.05) is 22.5 Å². The van der Waals surface area contributed by atoms with Crippen LogP contribution < -0.4 is 10.3 Å². The summed E-state index contributed by atoms with van der Waals surface area (Å²) in [4.78, 5) is 38.8. The van der Waals surface area contributed by atoms with Crippen LogP contribution in [0.4, 0.5) is 0 Å². The molecule has 1 aromatic heterocycles. The second kappa shape index (κ2) is 7.00. The number of carbonyl (C=O) groups excluding carboxylic acids is 2. The molecule has 0 aliphatic heterocycles. The van der Waals surface area contributed by atoms with Crippen molar-refractivity contribution in [2.24, 2.45) is 0 Å². The normalized spacial score (nSPS) is 10.4. The predicted octanol–water partition coefficient (Wildman–Crippen LogP) is 2.58. The van der Waals surface area contributed by atoms with Crippen molar-refractivity contribution < 1.29 is 19.1 Å². The number of para-hydroxylation sites is 1. The lowest BCUT2D eigenvalue weighted by Crippen LogP contribution is -2.17. The molecular formula is C19H15NO5. The zero-order valence-electron chi connectivity index (χ0n) is 13.4. The van der Waals surface area contributed by atoms with Crippen LogP contribution in [0.2, 0.25) is 0 Å². The third-order valence-corrected chi connectivity index (χ3v) is 3.70. The second-order valence-electron chi connectivity index (χ2n) is 5.32. The van der Waals surface area contributed by atoms with E-state index in [4.69, 9.17) is 9.47 Å². The first-order valence-corrected chi connectivity index (χ1v) is 7.55. The van der Waals surface area contributed by atoms with E-state index in [-0.39, 0.29) is 11.3 Å². The number of rotatable bonds is 5. The number of pyridine rings is 1. The molecule has 6 heteroatoms. The lowest BCUT2D eigenvalue weighted by molar-refractivity contribution is 0.0476. The Morgan fingerprint density at radius 2 is 1.84 bits per heavy atom. The molecule has 1 heterocycles. The minimum atomic E-state index is -0.724. The standard InChI is InChI=1S/C19H15NO5/c1-24-13-6-4-5-12(9-13)17(21)11-25-19(23)15-10-18(22)20-16-8-3-2-7-14(15)16/h2-10H,11H2,1H3,(H,20,22). The van der Waals surface area contributed by atoms with Crippen molar-refractivity contribution in [3.8, 4) is 5.75 Å². The van der Waals surface area contributed by atoms with Gasteiger partial charge in [0.1, 0.15) is 5.75 Å². The molecule has 6 nitrogen and oxygen atoms in total. The van der Waals surface area contributed by atoms with Crippen LogP contribution in [0.15, 0.2) is 59.4 Å². The fraction of sp³-hybridized carbons (Fsp3) is 0.105. The van der Waals surface area contributed by atoms with Crippen LogP contribution in [0.5, 0.6) is 5.75 Å². The SMILES string of the molecule is COc1cccc(C(=O)COC(=O)c2cc(=O)[nH]c3ccccc23)c1. The number of nitrogens with one attached hydrogen (secondary N) is 1. The highest BCUT2D eigenvalue weighted by molar-refractivity contribution is 6.05. The van der Waals surface area contributed by atoms with Crippen LogP contribution >= 0.6 is 0 Å². The maximum absolute atomic E-state index is 12.3. The summed E-state index contributed by atoms with van der Waals surface area (Å²) in [7, 11) is 1.50. The topological polar surface area (TPSA) is 85.5 Å². The highest BCUT2D eigenvalue weighted by Gasteiger charge is 2.15. The van der Waals surface area contributed by atoms with Crippen molar-refractivity contribution in [2.45, 2.75) is 0 Å². The third kappa shape index (κ3) is 3.58. The average molecular weight is 337 g/mol. The summed E-state index contributed by atoms with van der Waals surface area (Å²) < 4.78 is 10.2. The number of esters is 1. The molecule has 2 aromatic carbocycles. The number of carbonyl (C=O) groups is 2. The zero-order valence-corrected chi connectivity index (χ0v) is 13.4. The maximum Gasteiger partial charge on any atom is 0.339 e. The number of Topliss-reactive ketones (excluding diaryl/α,β-unsaturated/α-hetero) is 1. The number of hydrogen-bond donors (Lipinski definition) is 1. The molecule has 0 spiro atoms. The third-order valence-electron chi connectivity index (χ3n) is 3.70. The van der Waals surface area contributed by atoms with E-state index in [1.807, 2.05) is 0 Å². The van der Waals surface area contributed by atoms with Crippen LogP contribution in [-0.4, -0.2) is 30.5 Å². The predicted molar refractivity (Wildman–Crippen MR) is 92.2 cm³/mol. The van der Waals surface area contributed by atoms with Gasteiger partial charge in [0.15, 0.2) is 12.4 Å². The van der Waals surface area contributed by atoms with E-state index in [0.29, 0.717) is 22.2 Å². The summed E-state index contributed by atoms with van der Waals surface area (Å²) in [6.07, 6.45) is 0. The van der Waals surface area contributed by atoms with Gasteiger partial charge in [-0.1, -0.05) is 30.3 Å². The van der Waals surface area contributed by atoms with Gasteiger partial charge in [0.2, 0.25) is 5.56 Å². The molecule has 3 aromatic rings. The lowest BCUT2D eigenvalue weighted by atomic mass is 10.1. The van der Waals surface area contributed by atoms with Gasteiger partial charge < -0.3 is 14.5 Å². The lowest BCUT2D eigenvalue weighted by Gasteiger charge is -2.07. The average Bonchev–Trinajstić information content (AvgIpc) is 2.65. The first kappa shape index (κ1) is 16.4. The highest BCUT2D eigenvalue weighted by atomic mass is 16.5. The van der Waals surface area contributed by atoms with E-state index < -0.39 is 18.1 Å². The Bertz CT molecular complexity index is 1010. The number of fused-ring (bicyclic) bond motifs is 1. The van der Waals surface area contributed by atoms with E-state index in [9.17, 15) is 14.4 Å². The van der Waals surface area contributed by atoms with Crippen LogP contribution in [0.25, 0.3) is 10.9 Å². The number of benzene rings is 2. The van der Waals surface area contributed by atoms with Crippen molar-refractivity contribution in [3.63, 3.8) is 0 Å². The fourth-order valence-electron chi connectivity index (χ4n) is 2.46. The van der Waals surface area contributed by atoms with Crippen molar-refractivity contribution in [3.05, 3.63) is 76.1 Å². The number of methoxy groups -OCH3 is 1. The summed E-state index contributed by atoms with van der Waals surface area (Å²) in [6, 6.07) is 14.6. The molecule has 0 amide bonds. The smallest absolute Gasteiger partial charge is 0.339 e. The second-order valence-corrected chi connectivity index (χ2v) is 5.32. The molecule has 3 rings (SSSR count). The van der Waals surface area contributed by atoms with E-state index >= 15 is 0 Å². The molecule has 0 aliphatic carbocycles.